The van der Waals surface area contributed by atoms with E-state index in [9.17, 15) is 17.9 Å². The van der Waals surface area contributed by atoms with E-state index >= 15 is 0 Å². The number of halogens is 3. The molecule has 0 saturated heterocycles. The highest BCUT2D eigenvalue weighted by Crippen LogP contribution is 2.16. The molecule has 0 radical (unpaired) electrons. The highest BCUT2D eigenvalue weighted by molar-refractivity contribution is 7.78. The maximum Gasteiger partial charge on any atom is 0.252 e. The Morgan fingerprint density at radius 1 is 1.38 bits per heavy atom. The van der Waals surface area contributed by atoms with Gasteiger partial charge in [0.2, 0.25) is 0 Å². The van der Waals surface area contributed by atoms with Gasteiger partial charge in [-0.1, -0.05) is 28.7 Å². The number of rotatable bonds is 5. The Kier molecular flexibility index (Phi) is 7.09. The molecule has 1 aromatic carbocycles. The van der Waals surface area contributed by atoms with Crippen molar-refractivity contribution in [3.05, 3.63) is 63.5 Å². The minimum absolute atomic E-state index is 0. The van der Waals surface area contributed by atoms with Gasteiger partial charge in [0.15, 0.2) is 0 Å². The van der Waals surface area contributed by atoms with E-state index in [1.807, 2.05) is 0 Å². The molecule has 0 aliphatic heterocycles. The molecular formula is C14H13Cl2FN3O3S-. The van der Waals surface area contributed by atoms with Crippen molar-refractivity contribution in [1.29, 1.82) is 5.41 Å². The number of hydrogen-bond donors (Lipinski definition) is 2. The zero-order valence-corrected chi connectivity index (χ0v) is 14.5. The Morgan fingerprint density at radius 2 is 2.04 bits per heavy atom. The zero-order chi connectivity index (χ0) is 17.1. The summed E-state index contributed by atoms with van der Waals surface area (Å²) in [5.74, 6) is -1.72. The van der Waals surface area contributed by atoms with Gasteiger partial charge in [0.1, 0.15) is 11.3 Å². The molecule has 2 rings (SSSR count). The second-order valence-electron chi connectivity index (χ2n) is 4.77. The average Bonchev–Trinajstić information content (AvgIpc) is 2.44. The molecule has 10 heteroatoms. The van der Waals surface area contributed by atoms with E-state index in [0.717, 1.165) is 6.07 Å². The van der Waals surface area contributed by atoms with Crippen molar-refractivity contribution in [2.24, 2.45) is 5.73 Å². The molecule has 24 heavy (non-hydrogen) atoms. The molecule has 1 amide bonds. The van der Waals surface area contributed by atoms with Crippen LogP contribution in [0.3, 0.4) is 0 Å². The Bertz CT molecular complexity index is 858. The van der Waals surface area contributed by atoms with E-state index in [1.165, 1.54) is 29.0 Å². The zero-order valence-electron chi connectivity index (χ0n) is 12.1. The van der Waals surface area contributed by atoms with Gasteiger partial charge in [-0.2, -0.15) is 0 Å². The predicted molar refractivity (Wildman–Crippen MR) is 89.2 cm³/mol. The van der Waals surface area contributed by atoms with Crippen molar-refractivity contribution in [3.8, 4) is 0 Å². The van der Waals surface area contributed by atoms with Gasteiger partial charge in [0.05, 0.1) is 10.6 Å². The summed E-state index contributed by atoms with van der Waals surface area (Å²) in [6.07, 6.45) is 1.41. The summed E-state index contributed by atoms with van der Waals surface area (Å²) in [7, 11) is 0. The van der Waals surface area contributed by atoms with E-state index in [4.69, 9.17) is 22.7 Å². The topological polar surface area (TPSA) is 112 Å². The second kappa shape index (κ2) is 8.39. The average molecular weight is 393 g/mol. The van der Waals surface area contributed by atoms with Crippen molar-refractivity contribution in [2.75, 3.05) is 0 Å². The molecule has 0 aliphatic rings. The van der Waals surface area contributed by atoms with Gasteiger partial charge in [-0.05, 0) is 29.3 Å². The molecule has 3 N–H and O–H groups in total. The number of nitrogens with one attached hydrogen (secondary N) is 1. The van der Waals surface area contributed by atoms with Crippen molar-refractivity contribution >= 4 is 41.0 Å². The molecule has 1 heterocycles. The molecule has 6 nitrogen and oxygen atoms in total. The molecule has 1 atom stereocenters. The molecule has 0 spiro atoms. The van der Waals surface area contributed by atoms with Crippen LogP contribution >= 0.6 is 24.0 Å². The standard InChI is InChI=1S/C14H13ClFN3O3S.ClH/c15-10-4-12(14(18)20)13(17)19(6-10)5-8-1-2-11(16)3-9(8)7-23(21)22;/h1-4,6,17H,5,7H2,(H2,18,20)(H,21,22);1H/p-1. The smallest absolute Gasteiger partial charge is 0.252 e. The number of aromatic nitrogens is 1. The molecule has 2 aromatic rings. The normalized spacial score (nSPS) is 11.6. The third-order valence-corrected chi connectivity index (χ3v) is 3.90. The Morgan fingerprint density at radius 3 is 2.62 bits per heavy atom. The number of hydrogen-bond acceptors (Lipinski definition) is 4. The molecular weight excluding hydrogens is 380 g/mol. The van der Waals surface area contributed by atoms with E-state index in [-0.39, 0.29) is 46.3 Å². The number of primary amides is 1. The number of nitrogens with two attached hydrogens (primary N) is 1. The fourth-order valence-corrected chi connectivity index (χ4v) is 2.87. The number of amides is 1. The maximum atomic E-state index is 13.3. The van der Waals surface area contributed by atoms with Crippen LogP contribution < -0.4 is 11.2 Å². The number of benzene rings is 1. The number of carbonyl (C=O) groups is 1. The summed E-state index contributed by atoms with van der Waals surface area (Å²) in [6, 6.07) is 5.01. The SMILES string of the molecule is Cl.N=c1c(C(N)=O)cc(Cl)cn1Cc1ccc(F)cc1CS(=O)[O-]. The predicted octanol–water partition coefficient (Wildman–Crippen LogP) is 1.71. The second-order valence-corrected chi connectivity index (χ2v) is 6.11. The van der Waals surface area contributed by atoms with Crippen LogP contribution in [-0.2, 0) is 23.4 Å². The highest BCUT2D eigenvalue weighted by Gasteiger charge is 2.11. The van der Waals surface area contributed by atoms with Crippen LogP contribution in [0.15, 0.2) is 30.5 Å². The highest BCUT2D eigenvalue weighted by atomic mass is 35.5. The first kappa shape index (κ1) is 20.3. The van der Waals surface area contributed by atoms with Crippen LogP contribution in [0.25, 0.3) is 0 Å². The van der Waals surface area contributed by atoms with E-state index in [0.29, 0.717) is 5.56 Å². The molecule has 0 aliphatic carbocycles. The molecule has 1 aromatic heterocycles. The number of carbonyl (C=O) groups excluding carboxylic acids is 1. The van der Waals surface area contributed by atoms with Crippen molar-refractivity contribution in [1.82, 2.24) is 4.57 Å². The number of pyridine rings is 1. The van der Waals surface area contributed by atoms with Gasteiger partial charge in [0.25, 0.3) is 5.91 Å². The summed E-state index contributed by atoms with van der Waals surface area (Å²) >= 11 is 3.52. The first-order valence-corrected chi connectivity index (χ1v) is 7.97. The minimum atomic E-state index is -2.39. The fourth-order valence-electron chi connectivity index (χ4n) is 2.12. The van der Waals surface area contributed by atoms with Crippen molar-refractivity contribution in [2.45, 2.75) is 12.3 Å². The molecule has 0 saturated carbocycles. The molecule has 130 valence electrons. The summed E-state index contributed by atoms with van der Waals surface area (Å²) in [5.41, 5.74) is 5.73. The van der Waals surface area contributed by atoms with Gasteiger partial charge >= 0.3 is 0 Å². The Labute approximate surface area is 150 Å². The van der Waals surface area contributed by atoms with Crippen LogP contribution in [-0.4, -0.2) is 19.2 Å². The lowest BCUT2D eigenvalue weighted by molar-refractivity contribution is 0.0997. The lowest BCUT2D eigenvalue weighted by Gasteiger charge is -2.14. The fraction of sp³-hybridized carbons (Fsp3) is 0.143. The summed E-state index contributed by atoms with van der Waals surface area (Å²) in [5, 5.41) is 8.18. The van der Waals surface area contributed by atoms with Gasteiger partial charge in [-0.3, -0.25) is 14.4 Å². The Balaban J connectivity index is 0.00000288. The van der Waals surface area contributed by atoms with E-state index in [1.54, 1.807) is 0 Å². The quantitative estimate of drug-likeness (QED) is 0.754. The Hall–Kier alpha value is -1.74. The van der Waals surface area contributed by atoms with Gasteiger partial charge in [-0.25, -0.2) is 4.39 Å². The van der Waals surface area contributed by atoms with Gasteiger partial charge in [-0.15, -0.1) is 12.4 Å². The van der Waals surface area contributed by atoms with Crippen LogP contribution in [0.2, 0.25) is 5.02 Å². The molecule has 0 fully saturated rings. The van der Waals surface area contributed by atoms with Crippen LogP contribution in [0.4, 0.5) is 4.39 Å². The van der Waals surface area contributed by atoms with E-state index < -0.39 is 22.8 Å². The van der Waals surface area contributed by atoms with Crippen molar-refractivity contribution < 1.29 is 17.9 Å². The first-order valence-electron chi connectivity index (χ1n) is 6.35. The lowest BCUT2D eigenvalue weighted by atomic mass is 10.1. The number of nitrogens with zero attached hydrogens (tertiary/aromatic N) is 1. The monoisotopic (exact) mass is 392 g/mol. The lowest BCUT2D eigenvalue weighted by Crippen LogP contribution is -2.30. The summed E-state index contributed by atoms with van der Waals surface area (Å²) < 4.78 is 36.5. The van der Waals surface area contributed by atoms with Crippen LogP contribution in [0.1, 0.15) is 21.5 Å². The third-order valence-electron chi connectivity index (χ3n) is 3.15. The van der Waals surface area contributed by atoms with Crippen LogP contribution in [0.5, 0.6) is 0 Å². The maximum absolute atomic E-state index is 13.3. The van der Waals surface area contributed by atoms with Crippen LogP contribution in [0, 0.1) is 11.2 Å². The largest absolute Gasteiger partial charge is 0.772 e. The third kappa shape index (κ3) is 4.88. The van der Waals surface area contributed by atoms with Gasteiger partial charge < -0.3 is 14.9 Å². The minimum Gasteiger partial charge on any atom is -0.772 e. The molecule has 0 bridgehead atoms. The summed E-state index contributed by atoms with van der Waals surface area (Å²) in [4.78, 5) is 11.3. The molecule has 1 unspecified atom stereocenters. The van der Waals surface area contributed by atoms with Gasteiger partial charge in [0, 0.05) is 18.5 Å². The summed E-state index contributed by atoms with van der Waals surface area (Å²) in [6.45, 7) is 0.0481. The van der Waals surface area contributed by atoms with E-state index in [2.05, 4.69) is 0 Å². The van der Waals surface area contributed by atoms with Crippen molar-refractivity contribution in [3.63, 3.8) is 0 Å². The first-order chi connectivity index (χ1) is 10.8.